The molecule has 2 rings (SSSR count). The number of pyridine rings is 1. The maximum atomic E-state index is 12.2. The first-order chi connectivity index (χ1) is 10.8. The molecule has 0 spiro atoms. The van der Waals surface area contributed by atoms with Crippen LogP contribution in [0.1, 0.15) is 11.1 Å². The molecular weight excluding hydrogens is 314 g/mol. The first kappa shape index (κ1) is 17.0. The Labute approximate surface area is 136 Å². The van der Waals surface area contributed by atoms with Crippen LogP contribution in [0.4, 0.5) is 11.4 Å². The van der Waals surface area contributed by atoms with Crippen LogP contribution < -0.4 is 9.62 Å². The summed E-state index contributed by atoms with van der Waals surface area (Å²) in [4.78, 5) is 16.1. The quantitative estimate of drug-likeness (QED) is 0.909. The standard InChI is InChI=1S/C16H19N3O3S/c1-12-6-4-7-13(2)16(12)19(23(3,21)22)11-15(20)18-14-8-5-9-17-10-14/h4-10H,11H2,1-3H3,(H,18,20). The number of sulfonamides is 1. The Morgan fingerprint density at radius 2 is 1.83 bits per heavy atom. The summed E-state index contributed by atoms with van der Waals surface area (Å²) < 4.78 is 25.4. The zero-order valence-corrected chi connectivity index (χ0v) is 14.1. The summed E-state index contributed by atoms with van der Waals surface area (Å²) in [6.45, 7) is 3.35. The Morgan fingerprint density at radius 3 is 2.35 bits per heavy atom. The van der Waals surface area contributed by atoms with Gasteiger partial charge in [-0.15, -0.1) is 0 Å². The van der Waals surface area contributed by atoms with Crippen LogP contribution in [0.3, 0.4) is 0 Å². The molecule has 2 aromatic rings. The van der Waals surface area contributed by atoms with Crippen LogP contribution in [0.15, 0.2) is 42.7 Å². The molecule has 0 saturated heterocycles. The number of para-hydroxylation sites is 1. The minimum absolute atomic E-state index is 0.292. The van der Waals surface area contributed by atoms with Gasteiger partial charge in [-0.2, -0.15) is 0 Å². The summed E-state index contributed by atoms with van der Waals surface area (Å²) in [5, 5.41) is 2.65. The Balaban J connectivity index is 2.29. The third-order valence-electron chi connectivity index (χ3n) is 3.32. The molecule has 122 valence electrons. The molecule has 0 aliphatic rings. The second kappa shape index (κ2) is 6.78. The fourth-order valence-corrected chi connectivity index (χ4v) is 3.30. The lowest BCUT2D eigenvalue weighted by Crippen LogP contribution is -2.38. The van der Waals surface area contributed by atoms with Crippen LogP contribution >= 0.6 is 0 Å². The number of rotatable bonds is 5. The number of anilines is 2. The van der Waals surface area contributed by atoms with Gasteiger partial charge in [0.1, 0.15) is 6.54 Å². The van der Waals surface area contributed by atoms with E-state index in [0.717, 1.165) is 21.7 Å². The minimum Gasteiger partial charge on any atom is -0.323 e. The van der Waals surface area contributed by atoms with Crippen molar-refractivity contribution in [2.24, 2.45) is 0 Å². The second-order valence-electron chi connectivity index (χ2n) is 5.30. The zero-order chi connectivity index (χ0) is 17.0. The van der Waals surface area contributed by atoms with Gasteiger partial charge in [0, 0.05) is 6.20 Å². The van der Waals surface area contributed by atoms with E-state index in [0.29, 0.717) is 11.4 Å². The molecule has 0 radical (unpaired) electrons. The van der Waals surface area contributed by atoms with Crippen molar-refractivity contribution in [3.8, 4) is 0 Å². The highest BCUT2D eigenvalue weighted by molar-refractivity contribution is 7.92. The molecule has 0 atom stereocenters. The Bertz CT molecular complexity index is 784. The van der Waals surface area contributed by atoms with Crippen LogP contribution in [-0.4, -0.2) is 32.1 Å². The van der Waals surface area contributed by atoms with Crippen molar-refractivity contribution in [2.75, 3.05) is 22.4 Å². The highest BCUT2D eigenvalue weighted by Gasteiger charge is 2.23. The van der Waals surface area contributed by atoms with Gasteiger partial charge in [-0.25, -0.2) is 8.42 Å². The summed E-state index contributed by atoms with van der Waals surface area (Å²) in [7, 11) is -3.59. The lowest BCUT2D eigenvalue weighted by Gasteiger charge is -2.25. The summed E-state index contributed by atoms with van der Waals surface area (Å²) in [5.41, 5.74) is 2.65. The lowest BCUT2D eigenvalue weighted by atomic mass is 10.1. The van der Waals surface area contributed by atoms with E-state index < -0.39 is 15.9 Å². The molecule has 1 aromatic heterocycles. The average Bonchev–Trinajstić information content (AvgIpc) is 2.46. The molecule has 1 heterocycles. The van der Waals surface area contributed by atoms with Crippen LogP contribution in [0.5, 0.6) is 0 Å². The van der Waals surface area contributed by atoms with Crippen molar-refractivity contribution in [1.29, 1.82) is 0 Å². The largest absolute Gasteiger partial charge is 0.323 e. The molecule has 1 amide bonds. The van der Waals surface area contributed by atoms with Gasteiger partial charge in [0.05, 0.1) is 23.8 Å². The zero-order valence-electron chi connectivity index (χ0n) is 13.3. The molecule has 1 aromatic carbocycles. The van der Waals surface area contributed by atoms with E-state index in [1.54, 1.807) is 18.3 Å². The summed E-state index contributed by atoms with van der Waals surface area (Å²) in [6.07, 6.45) is 4.19. The predicted octanol–water partition coefficient (Wildman–Crippen LogP) is 2.10. The van der Waals surface area contributed by atoms with E-state index in [9.17, 15) is 13.2 Å². The number of hydrogen-bond donors (Lipinski definition) is 1. The van der Waals surface area contributed by atoms with E-state index >= 15 is 0 Å². The number of carbonyl (C=O) groups is 1. The number of nitrogens with zero attached hydrogens (tertiary/aromatic N) is 2. The third-order valence-corrected chi connectivity index (χ3v) is 4.43. The number of aromatic nitrogens is 1. The SMILES string of the molecule is Cc1cccc(C)c1N(CC(=O)Nc1cccnc1)S(C)(=O)=O. The van der Waals surface area contributed by atoms with Gasteiger partial charge < -0.3 is 5.32 Å². The van der Waals surface area contributed by atoms with Gasteiger partial charge >= 0.3 is 0 Å². The van der Waals surface area contributed by atoms with Crippen LogP contribution in [0, 0.1) is 13.8 Å². The van der Waals surface area contributed by atoms with Crippen molar-refractivity contribution in [3.63, 3.8) is 0 Å². The van der Waals surface area contributed by atoms with Crippen molar-refractivity contribution in [2.45, 2.75) is 13.8 Å². The number of aryl methyl sites for hydroxylation is 2. The smallest absolute Gasteiger partial charge is 0.245 e. The van der Waals surface area contributed by atoms with E-state index in [4.69, 9.17) is 0 Å². The van der Waals surface area contributed by atoms with Crippen LogP contribution in [0.2, 0.25) is 0 Å². The van der Waals surface area contributed by atoms with Crippen LogP contribution in [-0.2, 0) is 14.8 Å². The monoisotopic (exact) mass is 333 g/mol. The molecule has 0 unspecified atom stereocenters. The Kier molecular flexibility index (Phi) is 5.00. The van der Waals surface area contributed by atoms with Crippen LogP contribution in [0.25, 0.3) is 0 Å². The topological polar surface area (TPSA) is 79.4 Å². The molecule has 0 saturated carbocycles. The van der Waals surface area contributed by atoms with Gasteiger partial charge in [0.2, 0.25) is 15.9 Å². The molecule has 0 fully saturated rings. The minimum atomic E-state index is -3.59. The third kappa shape index (κ3) is 4.29. The summed E-state index contributed by atoms with van der Waals surface area (Å²) >= 11 is 0. The summed E-state index contributed by atoms with van der Waals surface area (Å²) in [6, 6.07) is 8.87. The Hall–Kier alpha value is -2.41. The maximum Gasteiger partial charge on any atom is 0.245 e. The van der Waals surface area contributed by atoms with Gasteiger partial charge in [-0.3, -0.25) is 14.1 Å². The molecule has 1 N–H and O–H groups in total. The highest BCUT2D eigenvalue weighted by atomic mass is 32.2. The molecular formula is C16H19N3O3S. The number of benzene rings is 1. The lowest BCUT2D eigenvalue weighted by molar-refractivity contribution is -0.114. The van der Waals surface area contributed by atoms with E-state index in [1.165, 1.54) is 6.20 Å². The summed E-state index contributed by atoms with van der Waals surface area (Å²) in [5.74, 6) is -0.425. The molecule has 6 nitrogen and oxygen atoms in total. The number of carbonyl (C=O) groups excluding carboxylic acids is 1. The normalized spacial score (nSPS) is 11.1. The number of amides is 1. The maximum absolute atomic E-state index is 12.2. The van der Waals surface area contributed by atoms with Crippen molar-refractivity contribution >= 4 is 27.3 Å². The highest BCUT2D eigenvalue weighted by Crippen LogP contribution is 2.26. The fourth-order valence-electron chi connectivity index (χ4n) is 2.33. The first-order valence-corrected chi connectivity index (χ1v) is 8.87. The van der Waals surface area contributed by atoms with Gasteiger partial charge in [-0.1, -0.05) is 18.2 Å². The molecule has 0 bridgehead atoms. The fraction of sp³-hybridized carbons (Fsp3) is 0.250. The Morgan fingerprint density at radius 1 is 1.17 bits per heavy atom. The number of nitrogens with one attached hydrogen (secondary N) is 1. The second-order valence-corrected chi connectivity index (χ2v) is 7.21. The van der Waals surface area contributed by atoms with E-state index in [1.807, 2.05) is 32.0 Å². The van der Waals surface area contributed by atoms with Crippen molar-refractivity contribution in [3.05, 3.63) is 53.9 Å². The first-order valence-electron chi connectivity index (χ1n) is 7.03. The average molecular weight is 333 g/mol. The molecule has 0 aliphatic carbocycles. The van der Waals surface area contributed by atoms with Gasteiger partial charge in [0.25, 0.3) is 0 Å². The van der Waals surface area contributed by atoms with Gasteiger partial charge in [-0.05, 0) is 37.1 Å². The van der Waals surface area contributed by atoms with E-state index in [-0.39, 0.29) is 6.54 Å². The van der Waals surface area contributed by atoms with Crippen molar-refractivity contribution in [1.82, 2.24) is 4.98 Å². The van der Waals surface area contributed by atoms with E-state index in [2.05, 4.69) is 10.3 Å². The molecule has 0 aliphatic heterocycles. The van der Waals surface area contributed by atoms with Crippen molar-refractivity contribution < 1.29 is 13.2 Å². The van der Waals surface area contributed by atoms with Gasteiger partial charge in [0.15, 0.2) is 0 Å². The molecule has 23 heavy (non-hydrogen) atoms. The molecule has 7 heteroatoms. The number of hydrogen-bond acceptors (Lipinski definition) is 4. The predicted molar refractivity (Wildman–Crippen MR) is 91.0 cm³/mol.